The van der Waals surface area contributed by atoms with Crippen LogP contribution < -0.4 is 15.6 Å². The van der Waals surface area contributed by atoms with Gasteiger partial charge < -0.3 is 0 Å². The lowest BCUT2D eigenvalue weighted by molar-refractivity contribution is 0.0962. The molecule has 3 aromatic rings. The third-order valence-electron chi connectivity index (χ3n) is 4.12. The molecule has 30 heavy (non-hydrogen) atoms. The Bertz CT molecular complexity index is 1180. The summed E-state index contributed by atoms with van der Waals surface area (Å²) >= 11 is 18.0. The van der Waals surface area contributed by atoms with E-state index in [1.54, 1.807) is 25.1 Å². The molecule has 1 amide bonds. The molecule has 6 nitrogen and oxygen atoms in total. The number of rotatable bonds is 6. The van der Waals surface area contributed by atoms with Gasteiger partial charge in [0.25, 0.3) is 15.9 Å². The van der Waals surface area contributed by atoms with Gasteiger partial charge in [-0.1, -0.05) is 53.0 Å². The number of halogens is 3. The van der Waals surface area contributed by atoms with Gasteiger partial charge in [0.1, 0.15) is 0 Å². The minimum absolute atomic E-state index is 0.0269. The zero-order chi connectivity index (χ0) is 21.9. The molecule has 0 saturated carbocycles. The number of aryl methyl sites for hydroxylation is 1. The molecule has 156 valence electrons. The standard InChI is InChI=1S/C20H16Cl3N3O3S/c1-12-4-2-3-5-18(12)26-30(28,29)15-8-6-13(7-9-15)20(27)25-24-19-16(22)10-14(21)11-17(19)23/h2-11,24,26H,1H3,(H,25,27). The number of nitrogens with one attached hydrogen (secondary N) is 3. The number of carbonyl (C=O) groups is 1. The van der Waals surface area contributed by atoms with Gasteiger partial charge in [-0.05, 0) is 55.0 Å². The highest BCUT2D eigenvalue weighted by atomic mass is 35.5. The molecule has 3 N–H and O–H groups in total. The van der Waals surface area contributed by atoms with Gasteiger partial charge in [-0.2, -0.15) is 0 Å². The van der Waals surface area contributed by atoms with E-state index in [0.29, 0.717) is 10.7 Å². The maximum Gasteiger partial charge on any atom is 0.269 e. The van der Waals surface area contributed by atoms with Crippen LogP contribution in [0.2, 0.25) is 15.1 Å². The molecule has 0 aliphatic rings. The largest absolute Gasteiger partial charge is 0.295 e. The fraction of sp³-hybridized carbons (Fsp3) is 0.0500. The smallest absolute Gasteiger partial charge is 0.269 e. The summed E-state index contributed by atoms with van der Waals surface area (Å²) in [4.78, 5) is 12.4. The molecule has 0 aliphatic carbocycles. The van der Waals surface area contributed by atoms with Crippen LogP contribution in [0.25, 0.3) is 0 Å². The van der Waals surface area contributed by atoms with Crippen LogP contribution >= 0.6 is 34.8 Å². The molecular formula is C20H16Cl3N3O3S. The highest BCUT2D eigenvalue weighted by molar-refractivity contribution is 7.92. The summed E-state index contributed by atoms with van der Waals surface area (Å²) in [7, 11) is -3.79. The Morgan fingerprint density at radius 2 is 1.50 bits per heavy atom. The number of hydrogen-bond donors (Lipinski definition) is 3. The Balaban J connectivity index is 1.71. The monoisotopic (exact) mass is 483 g/mol. The fourth-order valence-electron chi connectivity index (χ4n) is 2.53. The number of amides is 1. The van der Waals surface area contributed by atoms with Crippen molar-refractivity contribution in [1.82, 2.24) is 5.43 Å². The van der Waals surface area contributed by atoms with Crippen molar-refractivity contribution >= 4 is 62.1 Å². The van der Waals surface area contributed by atoms with Crippen LogP contribution in [0.5, 0.6) is 0 Å². The quantitative estimate of drug-likeness (QED) is 0.402. The van der Waals surface area contributed by atoms with E-state index in [4.69, 9.17) is 34.8 Å². The number of para-hydroxylation sites is 1. The highest BCUT2D eigenvalue weighted by Gasteiger charge is 2.16. The Labute approximate surface area is 189 Å². The normalized spacial score (nSPS) is 11.1. The van der Waals surface area contributed by atoms with Crippen molar-refractivity contribution in [1.29, 1.82) is 0 Å². The number of sulfonamides is 1. The summed E-state index contributed by atoms with van der Waals surface area (Å²) < 4.78 is 27.7. The Morgan fingerprint density at radius 3 is 2.10 bits per heavy atom. The van der Waals surface area contributed by atoms with E-state index in [-0.39, 0.29) is 26.2 Å². The lowest BCUT2D eigenvalue weighted by atomic mass is 10.2. The second kappa shape index (κ2) is 9.14. The summed E-state index contributed by atoms with van der Waals surface area (Å²) in [6, 6.07) is 15.5. The second-order valence-electron chi connectivity index (χ2n) is 6.27. The molecule has 0 unspecified atom stereocenters. The van der Waals surface area contributed by atoms with Gasteiger partial charge in [0, 0.05) is 10.6 Å². The van der Waals surface area contributed by atoms with Crippen molar-refractivity contribution in [2.75, 3.05) is 10.1 Å². The molecule has 0 radical (unpaired) electrons. The molecular weight excluding hydrogens is 469 g/mol. The zero-order valence-electron chi connectivity index (χ0n) is 15.5. The molecule has 0 aliphatic heterocycles. The summed E-state index contributed by atoms with van der Waals surface area (Å²) in [6.07, 6.45) is 0. The minimum Gasteiger partial charge on any atom is -0.295 e. The van der Waals surface area contributed by atoms with E-state index in [9.17, 15) is 13.2 Å². The second-order valence-corrected chi connectivity index (χ2v) is 9.20. The molecule has 0 saturated heterocycles. The summed E-state index contributed by atoms with van der Waals surface area (Å²) in [5, 5.41) is 0.825. The first-order chi connectivity index (χ1) is 14.2. The van der Waals surface area contributed by atoms with Crippen LogP contribution in [0.3, 0.4) is 0 Å². The molecule has 0 aromatic heterocycles. The van der Waals surface area contributed by atoms with E-state index in [1.165, 1.54) is 36.4 Å². The van der Waals surface area contributed by atoms with Gasteiger partial charge in [0.15, 0.2) is 0 Å². The van der Waals surface area contributed by atoms with Crippen molar-refractivity contribution < 1.29 is 13.2 Å². The summed E-state index contributed by atoms with van der Waals surface area (Å²) in [6.45, 7) is 1.80. The molecule has 0 spiro atoms. The molecule has 3 aromatic carbocycles. The van der Waals surface area contributed by atoms with Gasteiger partial charge in [-0.15, -0.1) is 0 Å². The first-order valence-electron chi connectivity index (χ1n) is 8.57. The fourth-order valence-corrected chi connectivity index (χ4v) is 4.57. The number of anilines is 2. The SMILES string of the molecule is Cc1ccccc1NS(=O)(=O)c1ccc(C(=O)NNc2c(Cl)cc(Cl)cc2Cl)cc1. The van der Waals surface area contributed by atoms with E-state index >= 15 is 0 Å². The lowest BCUT2D eigenvalue weighted by Crippen LogP contribution is -2.29. The van der Waals surface area contributed by atoms with Crippen LogP contribution in [0.4, 0.5) is 11.4 Å². The molecule has 0 heterocycles. The van der Waals surface area contributed by atoms with Gasteiger partial charge in [0.05, 0.1) is 26.3 Å². The van der Waals surface area contributed by atoms with Crippen molar-refractivity contribution in [2.45, 2.75) is 11.8 Å². The number of carbonyl (C=O) groups excluding carboxylic acids is 1. The maximum absolute atomic E-state index is 12.6. The number of benzene rings is 3. The van der Waals surface area contributed by atoms with Crippen LogP contribution in [0, 0.1) is 6.92 Å². The highest BCUT2D eigenvalue weighted by Crippen LogP contribution is 2.33. The molecule has 0 bridgehead atoms. The summed E-state index contributed by atoms with van der Waals surface area (Å²) in [5.41, 5.74) is 6.90. The lowest BCUT2D eigenvalue weighted by Gasteiger charge is -2.13. The average Bonchev–Trinajstić information content (AvgIpc) is 2.69. The first-order valence-corrected chi connectivity index (χ1v) is 11.2. The summed E-state index contributed by atoms with van der Waals surface area (Å²) in [5.74, 6) is -0.507. The van der Waals surface area contributed by atoms with Gasteiger partial charge in [-0.25, -0.2) is 8.42 Å². The molecule has 3 rings (SSSR count). The maximum atomic E-state index is 12.6. The topological polar surface area (TPSA) is 87.3 Å². The Hall–Kier alpha value is -2.45. The number of hydrazine groups is 1. The predicted octanol–water partition coefficient (Wildman–Crippen LogP) is 5.51. The Kier molecular flexibility index (Phi) is 6.77. The number of hydrogen-bond acceptors (Lipinski definition) is 4. The molecule has 0 fully saturated rings. The van der Waals surface area contributed by atoms with E-state index in [2.05, 4.69) is 15.6 Å². The van der Waals surface area contributed by atoms with E-state index in [0.717, 1.165) is 5.56 Å². The van der Waals surface area contributed by atoms with Crippen molar-refractivity contribution in [3.63, 3.8) is 0 Å². The molecule has 0 atom stereocenters. The predicted molar refractivity (Wildman–Crippen MR) is 121 cm³/mol. The van der Waals surface area contributed by atoms with E-state index < -0.39 is 15.9 Å². The average molecular weight is 485 g/mol. The van der Waals surface area contributed by atoms with Gasteiger partial charge in [-0.3, -0.25) is 20.4 Å². The Morgan fingerprint density at radius 1 is 0.900 bits per heavy atom. The van der Waals surface area contributed by atoms with Crippen LogP contribution in [0.15, 0.2) is 65.6 Å². The van der Waals surface area contributed by atoms with Crippen molar-refractivity contribution in [2.24, 2.45) is 0 Å². The molecule has 10 heteroatoms. The first kappa shape index (κ1) is 22.2. The van der Waals surface area contributed by atoms with Crippen molar-refractivity contribution in [3.05, 3.63) is 86.9 Å². The van der Waals surface area contributed by atoms with E-state index in [1.807, 2.05) is 6.07 Å². The third kappa shape index (κ3) is 5.17. The van der Waals surface area contributed by atoms with Crippen LogP contribution in [-0.2, 0) is 10.0 Å². The van der Waals surface area contributed by atoms with Crippen LogP contribution in [0.1, 0.15) is 15.9 Å². The minimum atomic E-state index is -3.79. The zero-order valence-corrected chi connectivity index (χ0v) is 18.6. The van der Waals surface area contributed by atoms with Crippen molar-refractivity contribution in [3.8, 4) is 0 Å². The van der Waals surface area contributed by atoms with Crippen LogP contribution in [-0.4, -0.2) is 14.3 Å². The van der Waals surface area contributed by atoms with Gasteiger partial charge in [0.2, 0.25) is 0 Å². The van der Waals surface area contributed by atoms with Gasteiger partial charge >= 0.3 is 0 Å². The third-order valence-corrected chi connectivity index (χ3v) is 6.32.